The number of rotatable bonds is 3. The topological polar surface area (TPSA) is 52.1 Å². The van der Waals surface area contributed by atoms with E-state index in [2.05, 4.69) is 9.97 Å². The van der Waals surface area contributed by atoms with Crippen LogP contribution in [0.3, 0.4) is 0 Å². The van der Waals surface area contributed by atoms with Gasteiger partial charge in [0.2, 0.25) is 0 Å². The molecule has 4 nitrogen and oxygen atoms in total. The molecule has 18 heavy (non-hydrogen) atoms. The summed E-state index contributed by atoms with van der Waals surface area (Å²) in [6.07, 6.45) is 4.72. The van der Waals surface area contributed by atoms with E-state index in [1.165, 1.54) is 0 Å². The van der Waals surface area contributed by atoms with Gasteiger partial charge in [0.05, 0.1) is 0 Å². The second-order valence-corrected chi connectivity index (χ2v) is 4.16. The van der Waals surface area contributed by atoms with Gasteiger partial charge in [0.1, 0.15) is 12.4 Å². The minimum Gasteiger partial charge on any atom is -0.485 e. The lowest BCUT2D eigenvalue weighted by molar-refractivity contribution is 0.0994. The van der Waals surface area contributed by atoms with Crippen LogP contribution >= 0.6 is 0 Å². The van der Waals surface area contributed by atoms with Gasteiger partial charge in [0.15, 0.2) is 11.6 Å². The van der Waals surface area contributed by atoms with Gasteiger partial charge in [-0.05, 0) is 18.6 Å². The van der Waals surface area contributed by atoms with Crippen LogP contribution in [0.15, 0.2) is 36.7 Å². The lowest BCUT2D eigenvalue weighted by Gasteiger charge is -2.09. The molecule has 0 N–H and O–H groups in total. The third kappa shape index (κ3) is 1.97. The summed E-state index contributed by atoms with van der Waals surface area (Å²) >= 11 is 0. The number of aromatic nitrogens is 2. The lowest BCUT2D eigenvalue weighted by Crippen LogP contribution is -2.02. The lowest BCUT2D eigenvalue weighted by atomic mass is 10.1. The van der Waals surface area contributed by atoms with E-state index in [1.54, 1.807) is 18.5 Å². The van der Waals surface area contributed by atoms with Crippen LogP contribution in [-0.4, -0.2) is 15.8 Å². The van der Waals surface area contributed by atoms with Crippen molar-refractivity contribution in [3.63, 3.8) is 0 Å². The fourth-order valence-electron chi connectivity index (χ4n) is 2.14. The van der Waals surface area contributed by atoms with E-state index >= 15 is 0 Å². The standard InChI is InChI=1S/C14H12N2O2/c17-12-6-5-11-10(12)3-1-4-13(11)18-9-14-15-7-2-8-16-14/h1-4,7-8H,5-6,9H2. The number of fused-ring (bicyclic) bond motifs is 1. The van der Waals surface area contributed by atoms with Crippen LogP contribution < -0.4 is 4.74 Å². The van der Waals surface area contributed by atoms with E-state index < -0.39 is 0 Å². The highest BCUT2D eigenvalue weighted by atomic mass is 16.5. The molecule has 0 unspecified atom stereocenters. The minimum absolute atomic E-state index is 0.200. The normalized spacial score (nSPS) is 13.4. The monoisotopic (exact) mass is 240 g/mol. The van der Waals surface area contributed by atoms with Crippen molar-refractivity contribution in [1.29, 1.82) is 0 Å². The van der Waals surface area contributed by atoms with Crippen molar-refractivity contribution in [3.8, 4) is 5.75 Å². The summed E-state index contributed by atoms with van der Waals surface area (Å²) in [5, 5.41) is 0. The molecule has 0 atom stereocenters. The van der Waals surface area contributed by atoms with Crippen LogP contribution in [0.2, 0.25) is 0 Å². The van der Waals surface area contributed by atoms with Gasteiger partial charge in [0.25, 0.3) is 0 Å². The highest BCUT2D eigenvalue weighted by Crippen LogP contribution is 2.30. The van der Waals surface area contributed by atoms with E-state index in [0.717, 1.165) is 23.3 Å². The molecule has 0 saturated carbocycles. The molecule has 1 aliphatic carbocycles. The van der Waals surface area contributed by atoms with Crippen molar-refractivity contribution in [2.45, 2.75) is 19.4 Å². The van der Waals surface area contributed by atoms with Crippen LogP contribution in [0.1, 0.15) is 28.2 Å². The number of ketones is 1. The minimum atomic E-state index is 0.200. The summed E-state index contributed by atoms with van der Waals surface area (Å²) in [7, 11) is 0. The molecule has 90 valence electrons. The summed E-state index contributed by atoms with van der Waals surface area (Å²) in [6, 6.07) is 7.36. The molecule has 0 bridgehead atoms. The van der Waals surface area contributed by atoms with Crippen molar-refractivity contribution in [1.82, 2.24) is 9.97 Å². The van der Waals surface area contributed by atoms with Gasteiger partial charge < -0.3 is 4.74 Å². The Labute approximate surface area is 105 Å². The largest absolute Gasteiger partial charge is 0.485 e. The third-order valence-electron chi connectivity index (χ3n) is 3.01. The smallest absolute Gasteiger partial charge is 0.166 e. The Bertz CT molecular complexity index is 582. The molecule has 0 aliphatic heterocycles. The third-order valence-corrected chi connectivity index (χ3v) is 3.01. The van der Waals surface area contributed by atoms with Gasteiger partial charge in [-0.2, -0.15) is 0 Å². The number of benzene rings is 1. The summed E-state index contributed by atoms with van der Waals surface area (Å²) in [4.78, 5) is 19.8. The second-order valence-electron chi connectivity index (χ2n) is 4.16. The first kappa shape index (κ1) is 10.9. The quantitative estimate of drug-likeness (QED) is 0.825. The van der Waals surface area contributed by atoms with Crippen molar-refractivity contribution in [2.75, 3.05) is 0 Å². The van der Waals surface area contributed by atoms with Gasteiger partial charge in [-0.1, -0.05) is 12.1 Å². The summed E-state index contributed by atoms with van der Waals surface area (Å²) in [5.41, 5.74) is 1.81. The molecule has 1 aromatic carbocycles. The van der Waals surface area contributed by atoms with Gasteiger partial charge in [-0.3, -0.25) is 4.79 Å². The zero-order chi connectivity index (χ0) is 12.4. The highest BCUT2D eigenvalue weighted by Gasteiger charge is 2.22. The first-order valence-corrected chi connectivity index (χ1v) is 5.88. The maximum atomic E-state index is 11.6. The fraction of sp³-hybridized carbons (Fsp3) is 0.214. The summed E-state index contributed by atoms with van der Waals surface area (Å²) < 4.78 is 5.71. The molecule has 0 spiro atoms. The number of hydrogen-bond acceptors (Lipinski definition) is 4. The van der Waals surface area contributed by atoms with E-state index in [1.807, 2.05) is 18.2 Å². The van der Waals surface area contributed by atoms with Crippen molar-refractivity contribution < 1.29 is 9.53 Å². The molecule has 1 aromatic heterocycles. The molecule has 1 heterocycles. The molecule has 0 amide bonds. The van der Waals surface area contributed by atoms with Crippen LogP contribution in [0.4, 0.5) is 0 Å². The van der Waals surface area contributed by atoms with Gasteiger partial charge in [-0.15, -0.1) is 0 Å². The van der Waals surface area contributed by atoms with Gasteiger partial charge in [-0.25, -0.2) is 9.97 Å². The zero-order valence-electron chi connectivity index (χ0n) is 9.80. The maximum Gasteiger partial charge on any atom is 0.166 e. The zero-order valence-corrected chi connectivity index (χ0v) is 9.80. The number of nitrogens with zero attached hydrogens (tertiary/aromatic N) is 2. The molecule has 1 aliphatic rings. The number of Topliss-reactive ketones (excluding diaryl/α,β-unsaturated/α-hetero) is 1. The van der Waals surface area contributed by atoms with E-state index in [9.17, 15) is 4.79 Å². The Hall–Kier alpha value is -2.23. The molecular weight excluding hydrogens is 228 g/mol. The number of carbonyl (C=O) groups is 1. The van der Waals surface area contributed by atoms with E-state index in [-0.39, 0.29) is 5.78 Å². The van der Waals surface area contributed by atoms with Crippen molar-refractivity contribution >= 4 is 5.78 Å². The predicted octanol–water partition coefficient (Wildman–Crippen LogP) is 2.18. The first-order valence-electron chi connectivity index (χ1n) is 5.88. The van der Waals surface area contributed by atoms with E-state index in [4.69, 9.17) is 4.74 Å². The Morgan fingerprint density at radius 1 is 1.11 bits per heavy atom. The number of carbonyl (C=O) groups excluding carboxylic acids is 1. The predicted molar refractivity (Wildman–Crippen MR) is 65.5 cm³/mol. The van der Waals surface area contributed by atoms with Gasteiger partial charge in [0, 0.05) is 29.9 Å². The SMILES string of the molecule is O=C1CCc2c(OCc3ncccn3)cccc21. The molecule has 0 fully saturated rings. The summed E-state index contributed by atoms with van der Waals surface area (Å²) in [5.74, 6) is 1.61. The molecule has 4 heteroatoms. The Kier molecular flexibility index (Phi) is 2.76. The first-order chi connectivity index (χ1) is 8.84. The van der Waals surface area contributed by atoms with Crippen molar-refractivity contribution in [2.24, 2.45) is 0 Å². The molecule has 3 rings (SSSR count). The van der Waals surface area contributed by atoms with Crippen molar-refractivity contribution in [3.05, 3.63) is 53.6 Å². The average Bonchev–Trinajstić information content (AvgIpc) is 2.80. The van der Waals surface area contributed by atoms with Crippen LogP contribution in [0.5, 0.6) is 5.75 Å². The second kappa shape index (κ2) is 4.56. The molecular formula is C14H12N2O2. The number of ether oxygens (including phenoxy) is 1. The van der Waals surface area contributed by atoms with Gasteiger partial charge >= 0.3 is 0 Å². The van der Waals surface area contributed by atoms with Crippen LogP contribution in [0.25, 0.3) is 0 Å². The highest BCUT2D eigenvalue weighted by molar-refractivity contribution is 6.01. The molecule has 2 aromatic rings. The fourth-order valence-corrected chi connectivity index (χ4v) is 2.14. The Balaban J connectivity index is 1.80. The molecule has 0 saturated heterocycles. The Morgan fingerprint density at radius 2 is 1.94 bits per heavy atom. The molecule has 0 radical (unpaired) electrons. The van der Waals surface area contributed by atoms with Crippen LogP contribution in [-0.2, 0) is 13.0 Å². The summed E-state index contributed by atoms with van der Waals surface area (Å²) in [6.45, 7) is 0.325. The average molecular weight is 240 g/mol. The number of hydrogen-bond donors (Lipinski definition) is 0. The van der Waals surface area contributed by atoms with E-state index in [0.29, 0.717) is 18.9 Å². The maximum absolute atomic E-state index is 11.6. The van der Waals surface area contributed by atoms with Crippen LogP contribution in [0, 0.1) is 0 Å². The Morgan fingerprint density at radius 3 is 2.78 bits per heavy atom.